The molecule has 0 unspecified atom stereocenters. The van der Waals surface area contributed by atoms with Gasteiger partial charge < -0.3 is 5.73 Å². The molecule has 0 aliphatic heterocycles. The summed E-state index contributed by atoms with van der Waals surface area (Å²) in [6.45, 7) is 3.26. The lowest BCUT2D eigenvalue weighted by Crippen LogP contribution is -2.41. The largest absolute Gasteiger partial charge is 0.330 e. The molecule has 0 saturated heterocycles. The van der Waals surface area contributed by atoms with Crippen LogP contribution in [0.15, 0.2) is 29.2 Å². The van der Waals surface area contributed by atoms with Crippen LogP contribution in [0.4, 0.5) is 0 Å². The van der Waals surface area contributed by atoms with Gasteiger partial charge in [0, 0.05) is 6.54 Å². The average molecular weight is 296 g/mol. The number of hydrogen-bond donors (Lipinski definition) is 2. The Balaban J connectivity index is 2.02. The zero-order valence-electron chi connectivity index (χ0n) is 12.1. The van der Waals surface area contributed by atoms with Gasteiger partial charge in [-0.25, -0.2) is 13.1 Å². The first-order chi connectivity index (χ1) is 9.51. The van der Waals surface area contributed by atoms with Crippen LogP contribution in [0.3, 0.4) is 0 Å². The van der Waals surface area contributed by atoms with Crippen molar-refractivity contribution in [2.24, 2.45) is 11.1 Å². The van der Waals surface area contributed by atoms with Crippen molar-refractivity contribution in [3.8, 4) is 0 Å². The highest BCUT2D eigenvalue weighted by Crippen LogP contribution is 2.43. The third kappa shape index (κ3) is 3.40. The lowest BCUT2D eigenvalue weighted by Gasteiger charge is -2.41. The van der Waals surface area contributed by atoms with Crippen LogP contribution in [0.5, 0.6) is 0 Å². The van der Waals surface area contributed by atoms with Gasteiger partial charge in [0.05, 0.1) is 4.90 Å². The number of rotatable bonds is 7. The minimum atomic E-state index is -3.39. The summed E-state index contributed by atoms with van der Waals surface area (Å²) in [7, 11) is -3.39. The summed E-state index contributed by atoms with van der Waals surface area (Å²) in [5.41, 5.74) is 6.74. The molecule has 0 radical (unpaired) electrons. The molecule has 0 aromatic heterocycles. The molecule has 112 valence electrons. The van der Waals surface area contributed by atoms with Gasteiger partial charge in [-0.1, -0.05) is 25.5 Å². The summed E-state index contributed by atoms with van der Waals surface area (Å²) in [6, 6.07) is 6.99. The fraction of sp³-hybridized carbons (Fsp3) is 0.600. The minimum absolute atomic E-state index is 0.187. The molecule has 1 aliphatic carbocycles. The van der Waals surface area contributed by atoms with Crippen molar-refractivity contribution in [1.29, 1.82) is 0 Å². The summed E-state index contributed by atoms with van der Waals surface area (Å²) in [5.74, 6) is 0. The second-order valence-electron chi connectivity index (χ2n) is 5.71. The quantitative estimate of drug-likeness (QED) is 0.809. The Hall–Kier alpha value is -0.910. The minimum Gasteiger partial charge on any atom is -0.330 e. The molecule has 0 atom stereocenters. The normalized spacial score (nSPS) is 17.7. The van der Waals surface area contributed by atoms with Crippen LogP contribution >= 0.6 is 0 Å². The van der Waals surface area contributed by atoms with Gasteiger partial charge in [0.2, 0.25) is 10.0 Å². The molecule has 0 amide bonds. The number of nitrogens with one attached hydrogen (secondary N) is 1. The van der Waals surface area contributed by atoms with E-state index in [-0.39, 0.29) is 5.41 Å². The van der Waals surface area contributed by atoms with Gasteiger partial charge in [0.1, 0.15) is 0 Å². The maximum absolute atomic E-state index is 12.3. The van der Waals surface area contributed by atoms with E-state index in [1.54, 1.807) is 12.1 Å². The highest BCUT2D eigenvalue weighted by Gasteiger charge is 2.36. The Kier molecular flexibility index (Phi) is 4.83. The van der Waals surface area contributed by atoms with Gasteiger partial charge in [-0.15, -0.1) is 0 Å². The molecule has 1 saturated carbocycles. The highest BCUT2D eigenvalue weighted by atomic mass is 32.2. The second kappa shape index (κ2) is 6.24. The predicted molar refractivity (Wildman–Crippen MR) is 81.0 cm³/mol. The zero-order chi connectivity index (χ0) is 14.6. The Labute approximate surface area is 121 Å². The Morgan fingerprint density at radius 3 is 2.35 bits per heavy atom. The molecule has 1 aliphatic rings. The van der Waals surface area contributed by atoms with E-state index >= 15 is 0 Å². The molecular weight excluding hydrogens is 272 g/mol. The van der Waals surface area contributed by atoms with E-state index in [4.69, 9.17) is 5.73 Å². The molecule has 2 rings (SSSR count). The van der Waals surface area contributed by atoms with E-state index in [1.165, 1.54) is 6.42 Å². The van der Waals surface area contributed by atoms with Crippen LogP contribution in [0.2, 0.25) is 0 Å². The van der Waals surface area contributed by atoms with Gasteiger partial charge in [0.15, 0.2) is 0 Å². The molecule has 0 heterocycles. The topological polar surface area (TPSA) is 72.2 Å². The van der Waals surface area contributed by atoms with Gasteiger partial charge >= 0.3 is 0 Å². The second-order valence-corrected chi connectivity index (χ2v) is 7.48. The summed E-state index contributed by atoms with van der Waals surface area (Å²) in [4.78, 5) is 0.337. The summed E-state index contributed by atoms with van der Waals surface area (Å²) in [5, 5.41) is 0. The Morgan fingerprint density at radius 1 is 1.25 bits per heavy atom. The number of nitrogens with two attached hydrogens (primary N) is 1. The summed E-state index contributed by atoms with van der Waals surface area (Å²) < 4.78 is 27.3. The van der Waals surface area contributed by atoms with Crippen molar-refractivity contribution in [2.75, 3.05) is 13.1 Å². The van der Waals surface area contributed by atoms with Crippen molar-refractivity contribution in [2.45, 2.75) is 43.9 Å². The van der Waals surface area contributed by atoms with Crippen LogP contribution in [0.1, 0.15) is 38.2 Å². The molecule has 0 bridgehead atoms. The molecule has 5 heteroatoms. The van der Waals surface area contributed by atoms with Crippen LogP contribution in [0.25, 0.3) is 0 Å². The first-order valence-corrected chi connectivity index (χ1v) is 8.78. The van der Waals surface area contributed by atoms with E-state index < -0.39 is 10.0 Å². The lowest BCUT2D eigenvalue weighted by molar-refractivity contribution is 0.133. The third-order valence-corrected chi connectivity index (χ3v) is 5.89. The van der Waals surface area contributed by atoms with Crippen molar-refractivity contribution < 1.29 is 8.42 Å². The lowest BCUT2D eigenvalue weighted by atomic mass is 9.67. The smallest absolute Gasteiger partial charge is 0.240 e. The maximum atomic E-state index is 12.3. The molecular formula is C15H24N2O2S. The van der Waals surface area contributed by atoms with Crippen molar-refractivity contribution in [3.05, 3.63) is 29.8 Å². The van der Waals surface area contributed by atoms with E-state index in [2.05, 4.69) is 11.6 Å². The molecule has 1 aromatic rings. The first kappa shape index (κ1) is 15.5. The Bertz CT molecular complexity index is 528. The van der Waals surface area contributed by atoms with Crippen LogP contribution in [-0.2, 0) is 16.4 Å². The summed E-state index contributed by atoms with van der Waals surface area (Å²) in [6.07, 6.45) is 5.27. The van der Waals surface area contributed by atoms with Gasteiger partial charge in [0.25, 0.3) is 0 Å². The zero-order valence-corrected chi connectivity index (χ0v) is 12.9. The number of sulfonamides is 1. The maximum Gasteiger partial charge on any atom is 0.240 e. The SMILES string of the molecule is CCC1(CNS(=O)(=O)c2ccc(CCN)cc2)CCC1. The monoisotopic (exact) mass is 296 g/mol. The first-order valence-electron chi connectivity index (χ1n) is 7.30. The number of hydrogen-bond acceptors (Lipinski definition) is 3. The number of benzene rings is 1. The molecule has 3 N–H and O–H groups in total. The van der Waals surface area contributed by atoms with E-state index in [0.717, 1.165) is 31.2 Å². The van der Waals surface area contributed by atoms with E-state index in [1.807, 2.05) is 12.1 Å². The van der Waals surface area contributed by atoms with Crippen LogP contribution in [0, 0.1) is 5.41 Å². The Morgan fingerprint density at radius 2 is 1.90 bits per heavy atom. The van der Waals surface area contributed by atoms with Crippen molar-refractivity contribution in [3.63, 3.8) is 0 Å². The van der Waals surface area contributed by atoms with Gasteiger partial charge in [-0.3, -0.25) is 0 Å². The molecule has 4 nitrogen and oxygen atoms in total. The fourth-order valence-electron chi connectivity index (χ4n) is 2.67. The molecule has 1 fully saturated rings. The average Bonchev–Trinajstić information content (AvgIpc) is 2.39. The van der Waals surface area contributed by atoms with Crippen LogP contribution < -0.4 is 10.5 Å². The van der Waals surface area contributed by atoms with E-state index in [0.29, 0.717) is 18.0 Å². The van der Waals surface area contributed by atoms with Gasteiger partial charge in [-0.05, 0) is 55.3 Å². The van der Waals surface area contributed by atoms with Crippen molar-refractivity contribution in [1.82, 2.24) is 4.72 Å². The van der Waals surface area contributed by atoms with Crippen LogP contribution in [-0.4, -0.2) is 21.5 Å². The molecule has 1 aromatic carbocycles. The van der Waals surface area contributed by atoms with Gasteiger partial charge in [-0.2, -0.15) is 0 Å². The van der Waals surface area contributed by atoms with Crippen molar-refractivity contribution >= 4 is 10.0 Å². The fourth-order valence-corrected chi connectivity index (χ4v) is 3.82. The highest BCUT2D eigenvalue weighted by molar-refractivity contribution is 7.89. The third-order valence-electron chi connectivity index (χ3n) is 4.47. The van der Waals surface area contributed by atoms with E-state index in [9.17, 15) is 8.42 Å². The standard InChI is InChI=1S/C15H24N2O2S/c1-2-15(9-3-10-15)12-17-20(18,19)14-6-4-13(5-7-14)8-11-16/h4-7,17H,2-3,8-12,16H2,1H3. The predicted octanol–water partition coefficient (Wildman–Crippen LogP) is 2.05. The summed E-state index contributed by atoms with van der Waals surface area (Å²) >= 11 is 0. The molecule has 20 heavy (non-hydrogen) atoms. The molecule has 0 spiro atoms.